The highest BCUT2D eigenvalue weighted by Gasteiger charge is 2.19. The Morgan fingerprint density at radius 3 is 1.02 bits per heavy atom. The summed E-state index contributed by atoms with van der Waals surface area (Å²) in [6.07, 6.45) is 45.9. The lowest BCUT2D eigenvalue weighted by molar-refractivity contribution is -0.167. The zero-order valence-electron chi connectivity index (χ0n) is 35.3. The predicted molar refractivity (Wildman–Crippen MR) is 224 cm³/mol. The van der Waals surface area contributed by atoms with E-state index in [0.717, 1.165) is 70.6 Å². The van der Waals surface area contributed by atoms with Crippen molar-refractivity contribution in [2.75, 3.05) is 13.2 Å². The molecule has 0 rings (SSSR count). The van der Waals surface area contributed by atoms with Crippen molar-refractivity contribution in [1.29, 1.82) is 0 Å². The third kappa shape index (κ3) is 40.9. The van der Waals surface area contributed by atoms with Crippen LogP contribution in [0, 0.1) is 0 Å². The van der Waals surface area contributed by atoms with E-state index < -0.39 is 6.10 Å². The standard InChI is InChI=1S/C47H86O6/c1-4-7-10-13-16-19-21-22-23-24-26-28-31-34-37-40-46(49)52-43-44(42-51-45(48)39-36-33-30-27-18-15-12-9-6-3)53-47(50)41-38-35-32-29-25-20-17-14-11-8-5-2/h14,17,19,21,44H,4-13,15-16,18,20,22-43H2,1-3H3/b17-14-,21-19-. The fraction of sp³-hybridized carbons (Fsp3) is 0.851. The maximum absolute atomic E-state index is 12.7. The SMILES string of the molecule is CCCC/C=C\CCCCCCCC(=O)OC(COC(=O)CCCCCCCCC/C=C\CCCCCC)COC(=O)CCCCCCCCCCC. The average molecular weight is 747 g/mol. The average Bonchev–Trinajstić information content (AvgIpc) is 3.15. The van der Waals surface area contributed by atoms with Crippen molar-refractivity contribution in [2.45, 2.75) is 245 Å². The number of allylic oxidation sites excluding steroid dienone is 4. The lowest BCUT2D eigenvalue weighted by atomic mass is 10.1. The third-order valence-electron chi connectivity index (χ3n) is 9.93. The maximum Gasteiger partial charge on any atom is 0.306 e. The van der Waals surface area contributed by atoms with Crippen molar-refractivity contribution in [3.8, 4) is 0 Å². The molecule has 310 valence electrons. The van der Waals surface area contributed by atoms with Crippen molar-refractivity contribution in [3.63, 3.8) is 0 Å². The summed E-state index contributed by atoms with van der Waals surface area (Å²) in [6.45, 7) is 6.56. The highest BCUT2D eigenvalue weighted by molar-refractivity contribution is 5.71. The molecular weight excluding hydrogens is 661 g/mol. The van der Waals surface area contributed by atoms with E-state index in [1.165, 1.54) is 128 Å². The van der Waals surface area contributed by atoms with Crippen LogP contribution >= 0.6 is 0 Å². The number of esters is 3. The van der Waals surface area contributed by atoms with E-state index in [0.29, 0.717) is 19.3 Å². The van der Waals surface area contributed by atoms with E-state index in [1.54, 1.807) is 0 Å². The monoisotopic (exact) mass is 747 g/mol. The van der Waals surface area contributed by atoms with E-state index in [-0.39, 0.29) is 31.1 Å². The summed E-state index contributed by atoms with van der Waals surface area (Å²) < 4.78 is 16.7. The molecule has 53 heavy (non-hydrogen) atoms. The first-order valence-corrected chi connectivity index (χ1v) is 22.8. The van der Waals surface area contributed by atoms with Gasteiger partial charge >= 0.3 is 17.9 Å². The Kier molecular flexibility index (Phi) is 40.9. The zero-order chi connectivity index (χ0) is 38.7. The Balaban J connectivity index is 4.33. The molecule has 0 saturated heterocycles. The minimum absolute atomic E-state index is 0.0736. The summed E-state index contributed by atoms with van der Waals surface area (Å²) >= 11 is 0. The van der Waals surface area contributed by atoms with Gasteiger partial charge in [0.05, 0.1) is 0 Å². The van der Waals surface area contributed by atoms with Gasteiger partial charge in [0.15, 0.2) is 6.10 Å². The molecule has 0 N–H and O–H groups in total. The number of unbranched alkanes of at least 4 members (excludes halogenated alkanes) is 26. The summed E-state index contributed by atoms with van der Waals surface area (Å²) in [5, 5.41) is 0. The molecule has 0 aliphatic carbocycles. The zero-order valence-corrected chi connectivity index (χ0v) is 35.3. The molecule has 0 aliphatic heterocycles. The van der Waals surface area contributed by atoms with Crippen LogP contribution in [0.4, 0.5) is 0 Å². The molecule has 0 fully saturated rings. The van der Waals surface area contributed by atoms with Crippen LogP contribution < -0.4 is 0 Å². The molecule has 0 aromatic heterocycles. The lowest BCUT2D eigenvalue weighted by Gasteiger charge is -2.18. The molecule has 0 bridgehead atoms. The predicted octanol–water partition coefficient (Wildman–Crippen LogP) is 14.4. The lowest BCUT2D eigenvalue weighted by Crippen LogP contribution is -2.30. The highest BCUT2D eigenvalue weighted by Crippen LogP contribution is 2.14. The molecule has 0 radical (unpaired) electrons. The number of hydrogen-bond donors (Lipinski definition) is 0. The normalized spacial score (nSPS) is 12.1. The Bertz CT molecular complexity index is 865. The fourth-order valence-corrected chi connectivity index (χ4v) is 6.42. The molecule has 0 aromatic rings. The minimum atomic E-state index is -0.770. The van der Waals surface area contributed by atoms with Crippen LogP contribution in [0.1, 0.15) is 239 Å². The van der Waals surface area contributed by atoms with E-state index in [1.807, 2.05) is 0 Å². The topological polar surface area (TPSA) is 78.9 Å². The second kappa shape index (κ2) is 42.6. The van der Waals surface area contributed by atoms with Crippen molar-refractivity contribution in [2.24, 2.45) is 0 Å². The van der Waals surface area contributed by atoms with E-state index in [4.69, 9.17) is 14.2 Å². The molecule has 0 heterocycles. The van der Waals surface area contributed by atoms with Gasteiger partial charge in [-0.25, -0.2) is 0 Å². The molecule has 0 aliphatic rings. The number of hydrogen-bond acceptors (Lipinski definition) is 6. The molecule has 0 amide bonds. The summed E-state index contributed by atoms with van der Waals surface area (Å²) in [7, 11) is 0. The Morgan fingerprint density at radius 2 is 0.642 bits per heavy atom. The van der Waals surface area contributed by atoms with Gasteiger partial charge < -0.3 is 14.2 Å². The second-order valence-corrected chi connectivity index (χ2v) is 15.3. The summed E-state index contributed by atoms with van der Waals surface area (Å²) in [6, 6.07) is 0. The van der Waals surface area contributed by atoms with Gasteiger partial charge in [0.25, 0.3) is 0 Å². The number of ether oxygens (including phenoxy) is 3. The summed E-state index contributed by atoms with van der Waals surface area (Å²) in [5.41, 5.74) is 0. The molecule has 0 saturated carbocycles. The fourth-order valence-electron chi connectivity index (χ4n) is 6.42. The van der Waals surface area contributed by atoms with Crippen LogP contribution in [0.25, 0.3) is 0 Å². The minimum Gasteiger partial charge on any atom is -0.462 e. The van der Waals surface area contributed by atoms with Crippen LogP contribution in [0.5, 0.6) is 0 Å². The molecule has 0 aromatic carbocycles. The third-order valence-corrected chi connectivity index (χ3v) is 9.93. The molecule has 6 heteroatoms. The highest BCUT2D eigenvalue weighted by atomic mass is 16.6. The molecule has 1 unspecified atom stereocenters. The number of carbonyl (C=O) groups is 3. The first-order valence-electron chi connectivity index (χ1n) is 22.8. The summed E-state index contributed by atoms with van der Waals surface area (Å²) in [5.74, 6) is -0.887. The molecule has 6 nitrogen and oxygen atoms in total. The van der Waals surface area contributed by atoms with Gasteiger partial charge in [0.2, 0.25) is 0 Å². The van der Waals surface area contributed by atoms with Gasteiger partial charge in [0, 0.05) is 19.3 Å². The van der Waals surface area contributed by atoms with Gasteiger partial charge in [-0.3, -0.25) is 14.4 Å². The molecule has 1 atom stereocenters. The Morgan fingerprint density at radius 1 is 0.358 bits per heavy atom. The first-order chi connectivity index (χ1) is 26.0. The van der Waals surface area contributed by atoms with Gasteiger partial charge in [-0.05, 0) is 64.2 Å². The van der Waals surface area contributed by atoms with Crippen molar-refractivity contribution >= 4 is 17.9 Å². The first kappa shape index (κ1) is 50.9. The quantitative estimate of drug-likeness (QED) is 0.0268. The molecular formula is C47H86O6. The van der Waals surface area contributed by atoms with Crippen LogP contribution in [-0.2, 0) is 28.6 Å². The largest absolute Gasteiger partial charge is 0.462 e. The Hall–Kier alpha value is -2.11. The van der Waals surface area contributed by atoms with E-state index >= 15 is 0 Å². The van der Waals surface area contributed by atoms with Crippen molar-refractivity contribution < 1.29 is 28.6 Å². The second-order valence-electron chi connectivity index (χ2n) is 15.3. The van der Waals surface area contributed by atoms with E-state index in [9.17, 15) is 14.4 Å². The van der Waals surface area contributed by atoms with Gasteiger partial charge in [-0.1, -0.05) is 180 Å². The number of carbonyl (C=O) groups excluding carboxylic acids is 3. The summed E-state index contributed by atoms with van der Waals surface area (Å²) in [4.78, 5) is 37.6. The van der Waals surface area contributed by atoms with Crippen LogP contribution in [0.2, 0.25) is 0 Å². The van der Waals surface area contributed by atoms with Crippen molar-refractivity contribution in [1.82, 2.24) is 0 Å². The van der Waals surface area contributed by atoms with Crippen molar-refractivity contribution in [3.05, 3.63) is 24.3 Å². The maximum atomic E-state index is 12.7. The number of rotatable bonds is 41. The van der Waals surface area contributed by atoms with Gasteiger partial charge in [-0.15, -0.1) is 0 Å². The van der Waals surface area contributed by atoms with Crippen LogP contribution in [-0.4, -0.2) is 37.2 Å². The molecule has 0 spiro atoms. The van der Waals surface area contributed by atoms with Gasteiger partial charge in [0.1, 0.15) is 13.2 Å². The van der Waals surface area contributed by atoms with Crippen LogP contribution in [0.3, 0.4) is 0 Å². The van der Waals surface area contributed by atoms with Crippen LogP contribution in [0.15, 0.2) is 24.3 Å². The smallest absolute Gasteiger partial charge is 0.306 e. The Labute approximate surface area is 328 Å². The van der Waals surface area contributed by atoms with Gasteiger partial charge in [-0.2, -0.15) is 0 Å². The van der Waals surface area contributed by atoms with E-state index in [2.05, 4.69) is 45.1 Å².